The molecule has 0 spiro atoms. The second-order valence-electron chi connectivity index (χ2n) is 5.72. The second kappa shape index (κ2) is 6.34. The van der Waals surface area contributed by atoms with Crippen molar-refractivity contribution in [1.82, 2.24) is 10.2 Å². The molecule has 0 amide bonds. The Bertz CT molecular complexity index is 827. The van der Waals surface area contributed by atoms with E-state index in [-0.39, 0.29) is 12.2 Å². The number of benzene rings is 1. The van der Waals surface area contributed by atoms with E-state index in [1.54, 1.807) is 13.8 Å². The maximum Gasteiger partial charge on any atom is 0.416 e. The molecule has 1 aliphatic rings. The van der Waals surface area contributed by atoms with Crippen LogP contribution in [0.15, 0.2) is 35.5 Å². The number of nitrogens with one attached hydrogen (secondary N) is 1. The first-order valence-corrected chi connectivity index (χ1v) is 7.75. The average Bonchev–Trinajstić information content (AvgIpc) is 3.00. The van der Waals surface area contributed by atoms with Gasteiger partial charge < -0.3 is 4.74 Å². The smallest absolute Gasteiger partial charge is 0.416 e. The van der Waals surface area contributed by atoms with Crippen LogP contribution in [0.1, 0.15) is 36.5 Å². The number of halogens is 3. The topological polar surface area (TPSA) is 67.3 Å². The van der Waals surface area contributed by atoms with Gasteiger partial charge in [-0.25, -0.2) is 4.99 Å². The predicted molar refractivity (Wildman–Crippen MR) is 84.8 cm³/mol. The van der Waals surface area contributed by atoms with Gasteiger partial charge >= 0.3 is 12.1 Å². The van der Waals surface area contributed by atoms with E-state index in [0.29, 0.717) is 17.1 Å². The molecular weight excluding hydrogens is 335 g/mol. The van der Waals surface area contributed by atoms with Crippen molar-refractivity contribution in [2.45, 2.75) is 25.9 Å². The van der Waals surface area contributed by atoms with Crippen molar-refractivity contribution in [2.24, 2.45) is 10.9 Å². The highest BCUT2D eigenvalue weighted by Gasteiger charge is 2.44. The second-order valence-corrected chi connectivity index (χ2v) is 5.72. The third-order valence-electron chi connectivity index (χ3n) is 4.20. The molecule has 0 fully saturated rings. The zero-order valence-electron chi connectivity index (χ0n) is 13.6. The Morgan fingerprint density at radius 3 is 2.68 bits per heavy atom. The van der Waals surface area contributed by atoms with Crippen LogP contribution in [-0.2, 0) is 15.7 Å². The van der Waals surface area contributed by atoms with E-state index in [0.717, 1.165) is 6.07 Å². The van der Waals surface area contributed by atoms with Gasteiger partial charge in [-0.2, -0.15) is 18.3 Å². The van der Waals surface area contributed by atoms with Gasteiger partial charge in [0.25, 0.3) is 0 Å². The van der Waals surface area contributed by atoms with Gasteiger partial charge in [-0.1, -0.05) is 18.2 Å². The first-order valence-electron chi connectivity index (χ1n) is 7.75. The third-order valence-corrected chi connectivity index (χ3v) is 4.20. The highest BCUT2D eigenvalue weighted by atomic mass is 19.4. The van der Waals surface area contributed by atoms with Crippen molar-refractivity contribution in [1.29, 1.82) is 0 Å². The molecule has 132 valence electrons. The van der Waals surface area contributed by atoms with Gasteiger partial charge in [0.1, 0.15) is 5.92 Å². The fourth-order valence-corrected chi connectivity index (χ4v) is 3.18. The Morgan fingerprint density at radius 1 is 1.28 bits per heavy atom. The highest BCUT2D eigenvalue weighted by Crippen LogP contribution is 2.45. The normalized spacial score (nSPS) is 20.0. The maximum atomic E-state index is 13.5. The molecule has 0 saturated heterocycles. The standard InChI is InChI=1S/C17H16F3N3O2/c1-3-25-16(24)13-9(2)22-15-11(8-21-23-15)14(13)10-6-4-5-7-12(10)17(18,19)20/h4-8,13-14H,3H2,1-2H3,(H,21,23). The number of fused-ring (bicyclic) bond motifs is 1. The van der Waals surface area contributed by atoms with Gasteiger partial charge in [0.15, 0.2) is 5.82 Å². The Balaban J connectivity index is 2.21. The van der Waals surface area contributed by atoms with Gasteiger partial charge in [0, 0.05) is 17.2 Å². The minimum absolute atomic E-state index is 0.00459. The van der Waals surface area contributed by atoms with E-state index >= 15 is 0 Å². The van der Waals surface area contributed by atoms with Crippen LogP contribution in [0.2, 0.25) is 0 Å². The summed E-state index contributed by atoms with van der Waals surface area (Å²) in [4.78, 5) is 16.7. The summed E-state index contributed by atoms with van der Waals surface area (Å²) >= 11 is 0. The minimum atomic E-state index is -4.54. The van der Waals surface area contributed by atoms with E-state index in [1.165, 1.54) is 24.4 Å². The first kappa shape index (κ1) is 17.2. The van der Waals surface area contributed by atoms with Crippen LogP contribution in [0.4, 0.5) is 19.0 Å². The Hall–Kier alpha value is -2.64. The lowest BCUT2D eigenvalue weighted by atomic mass is 9.76. The molecule has 0 aliphatic carbocycles. The number of carbonyl (C=O) groups is 1. The molecule has 3 rings (SSSR count). The van der Waals surface area contributed by atoms with Crippen LogP contribution in [0, 0.1) is 5.92 Å². The number of hydrogen-bond donors (Lipinski definition) is 1. The molecule has 2 atom stereocenters. The van der Waals surface area contributed by atoms with Crippen LogP contribution in [0.25, 0.3) is 0 Å². The molecule has 8 heteroatoms. The molecule has 25 heavy (non-hydrogen) atoms. The van der Waals surface area contributed by atoms with Crippen LogP contribution in [0.5, 0.6) is 0 Å². The lowest BCUT2D eigenvalue weighted by Gasteiger charge is -2.30. The van der Waals surface area contributed by atoms with E-state index in [9.17, 15) is 18.0 Å². The number of nitrogens with zero attached hydrogens (tertiary/aromatic N) is 2. The molecule has 0 saturated carbocycles. The summed E-state index contributed by atoms with van der Waals surface area (Å²) < 4.78 is 45.6. The molecule has 5 nitrogen and oxygen atoms in total. The molecule has 1 aromatic carbocycles. The van der Waals surface area contributed by atoms with Crippen molar-refractivity contribution < 1.29 is 22.7 Å². The molecule has 2 unspecified atom stereocenters. The summed E-state index contributed by atoms with van der Waals surface area (Å²) in [6, 6.07) is 5.24. The van der Waals surface area contributed by atoms with Crippen molar-refractivity contribution in [3.63, 3.8) is 0 Å². The summed E-state index contributed by atoms with van der Waals surface area (Å²) in [5, 5.41) is 6.55. The van der Waals surface area contributed by atoms with Crippen LogP contribution in [-0.4, -0.2) is 28.5 Å². The maximum absolute atomic E-state index is 13.5. The molecule has 1 N–H and O–H groups in total. The molecule has 1 aromatic heterocycles. The molecule has 2 heterocycles. The minimum Gasteiger partial charge on any atom is -0.465 e. The van der Waals surface area contributed by atoms with Gasteiger partial charge in [-0.05, 0) is 25.5 Å². The number of esters is 1. The molecular formula is C17H16F3N3O2. The van der Waals surface area contributed by atoms with Crippen molar-refractivity contribution >= 4 is 17.5 Å². The Labute approximate surface area is 141 Å². The lowest BCUT2D eigenvalue weighted by molar-refractivity contribution is -0.147. The van der Waals surface area contributed by atoms with E-state index in [4.69, 9.17) is 4.74 Å². The lowest BCUT2D eigenvalue weighted by Crippen LogP contribution is -2.34. The summed E-state index contributed by atoms with van der Waals surface area (Å²) in [5.74, 6) is -2.05. The van der Waals surface area contributed by atoms with Crippen molar-refractivity contribution in [3.8, 4) is 0 Å². The van der Waals surface area contributed by atoms with Crippen LogP contribution in [0.3, 0.4) is 0 Å². The SMILES string of the molecule is CCOC(=O)C1C(C)=Nc2[nH]ncc2C1c1ccccc1C(F)(F)F. The molecule has 0 bridgehead atoms. The first-order chi connectivity index (χ1) is 11.8. The molecule has 0 radical (unpaired) electrons. The van der Waals surface area contributed by atoms with E-state index in [1.807, 2.05) is 0 Å². The number of rotatable bonds is 3. The monoisotopic (exact) mass is 351 g/mol. The van der Waals surface area contributed by atoms with E-state index in [2.05, 4.69) is 15.2 Å². The molecule has 1 aliphatic heterocycles. The number of H-pyrrole nitrogens is 1. The Morgan fingerprint density at radius 2 is 2.00 bits per heavy atom. The van der Waals surface area contributed by atoms with Gasteiger partial charge in [0.2, 0.25) is 0 Å². The number of ether oxygens (including phenoxy) is 1. The zero-order chi connectivity index (χ0) is 18.2. The number of aromatic amines is 1. The number of aliphatic imine (C=N–C) groups is 1. The summed E-state index contributed by atoms with van der Waals surface area (Å²) in [6.45, 7) is 3.39. The number of hydrogen-bond acceptors (Lipinski definition) is 4. The largest absolute Gasteiger partial charge is 0.465 e. The number of carbonyl (C=O) groups excluding carboxylic acids is 1. The fourth-order valence-electron chi connectivity index (χ4n) is 3.18. The van der Waals surface area contributed by atoms with Gasteiger partial charge in [-0.3, -0.25) is 9.89 Å². The fraction of sp³-hybridized carbons (Fsp3) is 0.353. The zero-order valence-corrected chi connectivity index (χ0v) is 13.6. The van der Waals surface area contributed by atoms with Crippen molar-refractivity contribution in [3.05, 3.63) is 47.2 Å². The van der Waals surface area contributed by atoms with Crippen LogP contribution >= 0.6 is 0 Å². The summed E-state index contributed by atoms with van der Waals surface area (Å²) in [6.07, 6.45) is -3.13. The Kier molecular flexibility index (Phi) is 4.36. The molecule has 2 aromatic rings. The number of alkyl halides is 3. The summed E-state index contributed by atoms with van der Waals surface area (Å²) in [5.41, 5.74) is 0.0543. The third kappa shape index (κ3) is 3.04. The predicted octanol–water partition coefficient (Wildman–Crippen LogP) is 3.85. The number of aromatic nitrogens is 2. The van der Waals surface area contributed by atoms with Gasteiger partial charge in [-0.15, -0.1) is 0 Å². The van der Waals surface area contributed by atoms with Crippen molar-refractivity contribution in [2.75, 3.05) is 6.61 Å². The van der Waals surface area contributed by atoms with E-state index < -0.39 is 29.5 Å². The van der Waals surface area contributed by atoms with Gasteiger partial charge in [0.05, 0.1) is 18.4 Å². The summed E-state index contributed by atoms with van der Waals surface area (Å²) in [7, 11) is 0. The highest BCUT2D eigenvalue weighted by molar-refractivity contribution is 6.04. The average molecular weight is 351 g/mol. The quantitative estimate of drug-likeness (QED) is 0.854. The van der Waals surface area contributed by atoms with Crippen LogP contribution < -0.4 is 0 Å².